The van der Waals surface area contributed by atoms with Crippen LogP contribution in [0.5, 0.6) is 0 Å². The number of likely N-dealkylation sites (N-methyl/N-ethyl adjacent to an activating group) is 1. The first-order chi connectivity index (χ1) is 9.45. The van der Waals surface area contributed by atoms with Gasteiger partial charge in [-0.3, -0.25) is 29.1 Å². The molecule has 112 valence electrons. The second-order valence-electron chi connectivity index (χ2n) is 5.28. The van der Waals surface area contributed by atoms with Gasteiger partial charge >= 0.3 is 5.97 Å². The Balaban J connectivity index is 1.93. The maximum atomic E-state index is 12.1. The molecule has 0 aromatic rings. The molecule has 0 radical (unpaired) electrons. The van der Waals surface area contributed by atoms with Gasteiger partial charge < -0.3 is 5.11 Å². The molecule has 2 aliphatic heterocycles. The first kappa shape index (κ1) is 14.9. The van der Waals surface area contributed by atoms with Gasteiger partial charge in [-0.2, -0.15) is 0 Å². The van der Waals surface area contributed by atoms with Crippen molar-refractivity contribution in [1.82, 2.24) is 14.7 Å². The molecule has 0 aromatic carbocycles. The van der Waals surface area contributed by atoms with Gasteiger partial charge in [-0.15, -0.1) is 0 Å². The number of imide groups is 1. The lowest BCUT2D eigenvalue weighted by Crippen LogP contribution is -2.55. The molecule has 0 saturated carbocycles. The number of likely N-dealkylation sites (tertiary alicyclic amines) is 1. The summed E-state index contributed by atoms with van der Waals surface area (Å²) in [6.45, 7) is 6.35. The second-order valence-corrected chi connectivity index (χ2v) is 5.28. The monoisotopic (exact) mass is 283 g/mol. The van der Waals surface area contributed by atoms with E-state index in [4.69, 9.17) is 5.11 Å². The van der Waals surface area contributed by atoms with Crippen molar-refractivity contribution in [3.05, 3.63) is 0 Å². The highest BCUT2D eigenvalue weighted by atomic mass is 16.4. The van der Waals surface area contributed by atoms with E-state index < -0.39 is 12.0 Å². The third-order valence-electron chi connectivity index (χ3n) is 4.23. The first-order valence-corrected chi connectivity index (χ1v) is 7.00. The summed E-state index contributed by atoms with van der Waals surface area (Å²) >= 11 is 0. The zero-order valence-electron chi connectivity index (χ0n) is 11.9. The molecule has 2 atom stereocenters. The van der Waals surface area contributed by atoms with Gasteiger partial charge in [0.25, 0.3) is 0 Å². The number of nitrogens with zero attached hydrogens (tertiary/aromatic N) is 3. The fourth-order valence-corrected chi connectivity index (χ4v) is 2.88. The van der Waals surface area contributed by atoms with Crippen molar-refractivity contribution in [3.63, 3.8) is 0 Å². The molecular formula is C13H21N3O4. The van der Waals surface area contributed by atoms with Crippen LogP contribution in [-0.2, 0) is 14.4 Å². The molecule has 7 heteroatoms. The molecule has 0 aromatic heterocycles. The quantitative estimate of drug-likeness (QED) is 0.682. The van der Waals surface area contributed by atoms with E-state index in [1.165, 1.54) is 4.90 Å². The predicted molar refractivity (Wildman–Crippen MR) is 71.0 cm³/mol. The first-order valence-electron chi connectivity index (χ1n) is 7.00. The maximum absolute atomic E-state index is 12.1. The van der Waals surface area contributed by atoms with Crippen LogP contribution in [0.4, 0.5) is 0 Å². The van der Waals surface area contributed by atoms with E-state index in [0.29, 0.717) is 32.7 Å². The summed E-state index contributed by atoms with van der Waals surface area (Å²) in [7, 11) is 0. The Morgan fingerprint density at radius 3 is 2.35 bits per heavy atom. The number of carboxylic acids is 1. The fourth-order valence-electron chi connectivity index (χ4n) is 2.88. The van der Waals surface area contributed by atoms with Crippen LogP contribution in [0.1, 0.15) is 20.3 Å². The van der Waals surface area contributed by atoms with Crippen molar-refractivity contribution < 1.29 is 19.5 Å². The number of rotatable bonds is 4. The van der Waals surface area contributed by atoms with E-state index in [1.807, 2.05) is 9.80 Å². The lowest BCUT2D eigenvalue weighted by atomic mass is 10.1. The van der Waals surface area contributed by atoms with Gasteiger partial charge in [0, 0.05) is 32.7 Å². The predicted octanol–water partition coefficient (Wildman–Crippen LogP) is -0.775. The van der Waals surface area contributed by atoms with Gasteiger partial charge in [-0.05, 0) is 13.8 Å². The van der Waals surface area contributed by atoms with E-state index >= 15 is 0 Å². The average Bonchev–Trinajstić information content (AvgIpc) is 2.72. The number of piperazine rings is 1. The Morgan fingerprint density at radius 1 is 1.30 bits per heavy atom. The fraction of sp³-hybridized carbons (Fsp3) is 0.769. The smallest absolute Gasteiger partial charge is 0.320 e. The highest BCUT2D eigenvalue weighted by molar-refractivity contribution is 6.05. The SMILES string of the molecule is CCN1C(=O)CC(N2CCN(C(C)C(=O)O)CC2)C1=O. The van der Waals surface area contributed by atoms with E-state index in [9.17, 15) is 14.4 Å². The van der Waals surface area contributed by atoms with Crippen molar-refractivity contribution >= 4 is 17.8 Å². The largest absolute Gasteiger partial charge is 0.480 e. The van der Waals surface area contributed by atoms with Gasteiger partial charge in [0.1, 0.15) is 6.04 Å². The summed E-state index contributed by atoms with van der Waals surface area (Å²) < 4.78 is 0. The minimum absolute atomic E-state index is 0.108. The Kier molecular flexibility index (Phi) is 4.39. The zero-order valence-corrected chi connectivity index (χ0v) is 11.9. The van der Waals surface area contributed by atoms with Crippen LogP contribution in [0.3, 0.4) is 0 Å². The molecule has 2 saturated heterocycles. The second kappa shape index (κ2) is 5.88. The van der Waals surface area contributed by atoms with Crippen LogP contribution < -0.4 is 0 Å². The lowest BCUT2D eigenvalue weighted by molar-refractivity contribution is -0.144. The number of aliphatic carboxylic acids is 1. The Bertz CT molecular complexity index is 418. The summed E-state index contributed by atoms with van der Waals surface area (Å²) in [4.78, 5) is 40.0. The zero-order chi connectivity index (χ0) is 14.9. The molecule has 2 heterocycles. The van der Waals surface area contributed by atoms with Crippen LogP contribution >= 0.6 is 0 Å². The number of carbonyl (C=O) groups excluding carboxylic acids is 2. The summed E-state index contributed by atoms with van der Waals surface area (Å²) in [5.41, 5.74) is 0. The van der Waals surface area contributed by atoms with Crippen molar-refractivity contribution in [1.29, 1.82) is 0 Å². The number of carbonyl (C=O) groups is 3. The normalized spacial score (nSPS) is 27.1. The Morgan fingerprint density at radius 2 is 1.90 bits per heavy atom. The third-order valence-corrected chi connectivity index (χ3v) is 4.23. The number of hydrogen-bond acceptors (Lipinski definition) is 5. The molecule has 1 N–H and O–H groups in total. The third kappa shape index (κ3) is 2.69. The highest BCUT2D eigenvalue weighted by Crippen LogP contribution is 2.20. The molecule has 7 nitrogen and oxygen atoms in total. The van der Waals surface area contributed by atoms with Crippen LogP contribution in [0.2, 0.25) is 0 Å². The standard InChI is InChI=1S/C13H21N3O4/c1-3-16-11(17)8-10(12(16)18)15-6-4-14(5-7-15)9(2)13(19)20/h9-10H,3-8H2,1-2H3,(H,19,20). The van der Waals surface area contributed by atoms with E-state index in [0.717, 1.165) is 0 Å². The van der Waals surface area contributed by atoms with Gasteiger partial charge in [-0.1, -0.05) is 0 Å². The van der Waals surface area contributed by atoms with E-state index in [1.54, 1.807) is 13.8 Å². The molecular weight excluding hydrogens is 262 g/mol. The van der Waals surface area contributed by atoms with Crippen molar-refractivity contribution in [3.8, 4) is 0 Å². The molecule has 2 fully saturated rings. The van der Waals surface area contributed by atoms with Crippen molar-refractivity contribution in [2.24, 2.45) is 0 Å². The number of hydrogen-bond donors (Lipinski definition) is 1. The minimum atomic E-state index is -0.831. The van der Waals surface area contributed by atoms with Crippen molar-refractivity contribution in [2.45, 2.75) is 32.4 Å². The summed E-state index contributed by atoms with van der Waals surface area (Å²) in [5.74, 6) is -1.05. The number of carboxylic acid groups (broad SMARTS) is 1. The summed E-state index contributed by atoms with van der Waals surface area (Å²) in [5, 5.41) is 8.99. The summed E-state index contributed by atoms with van der Waals surface area (Å²) in [6.07, 6.45) is 0.251. The van der Waals surface area contributed by atoms with E-state index in [2.05, 4.69) is 0 Å². The molecule has 2 rings (SSSR count). The Hall–Kier alpha value is -1.47. The van der Waals surface area contributed by atoms with E-state index in [-0.39, 0.29) is 24.3 Å². The molecule has 0 bridgehead atoms. The number of amides is 2. The van der Waals surface area contributed by atoms with Crippen LogP contribution in [-0.4, -0.2) is 82.4 Å². The minimum Gasteiger partial charge on any atom is -0.480 e. The topological polar surface area (TPSA) is 81.2 Å². The van der Waals surface area contributed by atoms with Crippen LogP contribution in [0.15, 0.2) is 0 Å². The van der Waals surface area contributed by atoms with Gasteiger partial charge in [0.05, 0.1) is 12.5 Å². The average molecular weight is 283 g/mol. The highest BCUT2D eigenvalue weighted by Gasteiger charge is 2.42. The van der Waals surface area contributed by atoms with Gasteiger partial charge in [-0.25, -0.2) is 0 Å². The van der Waals surface area contributed by atoms with Crippen LogP contribution in [0, 0.1) is 0 Å². The van der Waals surface area contributed by atoms with Gasteiger partial charge in [0.2, 0.25) is 11.8 Å². The summed E-state index contributed by atoms with van der Waals surface area (Å²) in [6, 6.07) is -0.866. The van der Waals surface area contributed by atoms with Crippen LogP contribution in [0.25, 0.3) is 0 Å². The van der Waals surface area contributed by atoms with Crippen molar-refractivity contribution in [2.75, 3.05) is 32.7 Å². The maximum Gasteiger partial charge on any atom is 0.320 e. The molecule has 0 spiro atoms. The Labute approximate surface area is 118 Å². The molecule has 2 unspecified atom stereocenters. The van der Waals surface area contributed by atoms with Gasteiger partial charge in [0.15, 0.2) is 0 Å². The molecule has 20 heavy (non-hydrogen) atoms. The molecule has 0 aliphatic carbocycles. The molecule has 2 amide bonds. The molecule has 2 aliphatic rings. The lowest BCUT2D eigenvalue weighted by Gasteiger charge is -2.38.